The van der Waals surface area contributed by atoms with Gasteiger partial charge in [0.1, 0.15) is 11.6 Å². The van der Waals surface area contributed by atoms with Crippen LogP contribution in [0, 0.1) is 0 Å². The van der Waals surface area contributed by atoms with Crippen LogP contribution in [0.15, 0.2) is 10.9 Å². The Morgan fingerprint density at radius 2 is 2.24 bits per heavy atom. The zero-order valence-electron chi connectivity index (χ0n) is 9.31. The minimum Gasteiger partial charge on any atom is -0.378 e. The van der Waals surface area contributed by atoms with E-state index in [4.69, 9.17) is 10.5 Å². The van der Waals surface area contributed by atoms with Gasteiger partial charge in [-0.05, 0) is 0 Å². The minimum absolute atomic E-state index is 0.0621. The number of amides is 1. The molecule has 1 aromatic rings. The highest BCUT2D eigenvalue weighted by atomic mass is 16.5. The molecule has 7 heteroatoms. The van der Waals surface area contributed by atoms with Gasteiger partial charge in [0, 0.05) is 19.2 Å². The zero-order valence-corrected chi connectivity index (χ0v) is 9.31. The van der Waals surface area contributed by atoms with Crippen LogP contribution in [0.2, 0.25) is 0 Å². The van der Waals surface area contributed by atoms with E-state index in [1.165, 1.54) is 6.07 Å². The van der Waals surface area contributed by atoms with Gasteiger partial charge in [-0.2, -0.15) is 0 Å². The van der Waals surface area contributed by atoms with Gasteiger partial charge in [-0.3, -0.25) is 9.59 Å². The summed E-state index contributed by atoms with van der Waals surface area (Å²) in [5.41, 5.74) is 4.79. The lowest BCUT2D eigenvalue weighted by molar-refractivity contribution is -0.117. The van der Waals surface area contributed by atoms with Crippen LogP contribution >= 0.6 is 0 Å². The summed E-state index contributed by atoms with van der Waals surface area (Å²) in [6.07, 6.45) is -0.0621. The summed E-state index contributed by atoms with van der Waals surface area (Å²) in [4.78, 5) is 30.9. The van der Waals surface area contributed by atoms with Crippen molar-refractivity contribution >= 4 is 11.7 Å². The van der Waals surface area contributed by atoms with E-state index < -0.39 is 5.91 Å². The number of aromatic nitrogens is 2. The third-order valence-corrected chi connectivity index (χ3v) is 2.45. The SMILES string of the molecule is NC(=O)Cc1nc(N2CCOCC2)cc(=O)[nH]1. The zero-order chi connectivity index (χ0) is 12.3. The molecular formula is C10H14N4O3. The largest absolute Gasteiger partial charge is 0.378 e. The predicted octanol–water partition coefficient (Wildman–Crippen LogP) is -1.37. The Morgan fingerprint density at radius 3 is 2.88 bits per heavy atom. The molecule has 0 atom stereocenters. The number of nitrogens with two attached hydrogens (primary N) is 1. The van der Waals surface area contributed by atoms with E-state index in [9.17, 15) is 9.59 Å². The second-order valence-electron chi connectivity index (χ2n) is 3.79. The van der Waals surface area contributed by atoms with Crippen LogP contribution in [0.25, 0.3) is 0 Å². The number of aromatic amines is 1. The van der Waals surface area contributed by atoms with Crippen LogP contribution in [-0.2, 0) is 16.0 Å². The third kappa shape index (κ3) is 3.04. The molecule has 0 aromatic carbocycles. The van der Waals surface area contributed by atoms with E-state index in [2.05, 4.69) is 9.97 Å². The lowest BCUT2D eigenvalue weighted by Gasteiger charge is -2.27. The van der Waals surface area contributed by atoms with Crippen molar-refractivity contribution in [2.24, 2.45) is 5.73 Å². The lowest BCUT2D eigenvalue weighted by Crippen LogP contribution is -2.37. The van der Waals surface area contributed by atoms with Crippen LogP contribution in [0.1, 0.15) is 5.82 Å². The first-order valence-electron chi connectivity index (χ1n) is 5.36. The molecule has 1 aliphatic rings. The van der Waals surface area contributed by atoms with Crippen molar-refractivity contribution in [2.45, 2.75) is 6.42 Å². The molecule has 0 aliphatic carbocycles. The summed E-state index contributed by atoms with van der Waals surface area (Å²) in [5, 5.41) is 0. The Bertz CT molecular complexity index is 465. The molecule has 92 valence electrons. The van der Waals surface area contributed by atoms with Gasteiger partial charge in [-0.1, -0.05) is 0 Å². The number of rotatable bonds is 3. The van der Waals surface area contributed by atoms with Gasteiger partial charge < -0.3 is 20.4 Å². The van der Waals surface area contributed by atoms with Gasteiger partial charge in [0.05, 0.1) is 19.6 Å². The predicted molar refractivity (Wildman–Crippen MR) is 60.8 cm³/mol. The Morgan fingerprint density at radius 1 is 1.53 bits per heavy atom. The summed E-state index contributed by atoms with van der Waals surface area (Å²) in [5.74, 6) is 0.340. The highest BCUT2D eigenvalue weighted by molar-refractivity contribution is 5.75. The molecule has 1 aliphatic heterocycles. The highest BCUT2D eigenvalue weighted by Gasteiger charge is 2.14. The number of anilines is 1. The highest BCUT2D eigenvalue weighted by Crippen LogP contribution is 2.10. The minimum atomic E-state index is -0.521. The van der Waals surface area contributed by atoms with Gasteiger partial charge in [-0.15, -0.1) is 0 Å². The number of carbonyl (C=O) groups excluding carboxylic acids is 1. The van der Waals surface area contributed by atoms with Crippen LogP contribution in [0.3, 0.4) is 0 Å². The number of hydrogen-bond donors (Lipinski definition) is 2. The summed E-state index contributed by atoms with van der Waals surface area (Å²) in [7, 11) is 0. The first-order chi connectivity index (χ1) is 8.15. The second-order valence-corrected chi connectivity index (χ2v) is 3.79. The number of ether oxygens (including phenoxy) is 1. The van der Waals surface area contributed by atoms with Crippen LogP contribution < -0.4 is 16.2 Å². The third-order valence-electron chi connectivity index (χ3n) is 2.45. The Hall–Kier alpha value is -1.89. The van der Waals surface area contributed by atoms with Crippen LogP contribution in [-0.4, -0.2) is 42.2 Å². The van der Waals surface area contributed by atoms with Gasteiger partial charge in [-0.25, -0.2) is 4.98 Å². The average molecular weight is 238 g/mol. The molecule has 3 N–H and O–H groups in total. The maximum Gasteiger partial charge on any atom is 0.252 e. The maximum absolute atomic E-state index is 11.4. The monoisotopic (exact) mass is 238 g/mol. The number of H-pyrrole nitrogens is 1. The van der Waals surface area contributed by atoms with E-state index >= 15 is 0 Å². The summed E-state index contributed by atoms with van der Waals surface area (Å²) in [6, 6.07) is 1.41. The van der Waals surface area contributed by atoms with Crippen molar-refractivity contribution in [3.8, 4) is 0 Å². The van der Waals surface area contributed by atoms with Crippen molar-refractivity contribution in [1.29, 1.82) is 0 Å². The van der Waals surface area contributed by atoms with E-state index in [0.717, 1.165) is 0 Å². The molecule has 1 aromatic heterocycles. The van der Waals surface area contributed by atoms with Gasteiger partial charge >= 0.3 is 0 Å². The number of morpholine rings is 1. The van der Waals surface area contributed by atoms with Crippen LogP contribution in [0.5, 0.6) is 0 Å². The number of nitrogens with zero attached hydrogens (tertiary/aromatic N) is 2. The van der Waals surface area contributed by atoms with Crippen LogP contribution in [0.4, 0.5) is 5.82 Å². The van der Waals surface area contributed by atoms with Gasteiger partial charge in [0.2, 0.25) is 5.91 Å². The van der Waals surface area contributed by atoms with E-state index in [1.807, 2.05) is 4.90 Å². The Balaban J connectivity index is 2.24. The number of hydrogen-bond acceptors (Lipinski definition) is 5. The molecule has 0 spiro atoms. The number of nitrogens with one attached hydrogen (secondary N) is 1. The molecule has 2 heterocycles. The molecule has 7 nitrogen and oxygen atoms in total. The Kier molecular flexibility index (Phi) is 3.38. The van der Waals surface area contributed by atoms with Gasteiger partial charge in [0.15, 0.2) is 0 Å². The van der Waals surface area contributed by atoms with Gasteiger partial charge in [0.25, 0.3) is 5.56 Å². The molecule has 17 heavy (non-hydrogen) atoms. The topological polar surface area (TPSA) is 101 Å². The quantitative estimate of drug-likeness (QED) is 0.677. The summed E-state index contributed by atoms with van der Waals surface area (Å²) in [6.45, 7) is 2.60. The molecule has 0 unspecified atom stereocenters. The van der Waals surface area contributed by atoms with E-state index in [1.54, 1.807) is 0 Å². The molecular weight excluding hydrogens is 224 g/mol. The molecule has 0 saturated carbocycles. The first kappa shape index (κ1) is 11.6. The summed E-state index contributed by atoms with van der Waals surface area (Å²) >= 11 is 0. The second kappa shape index (κ2) is 4.96. The number of carbonyl (C=O) groups is 1. The maximum atomic E-state index is 11.4. The van der Waals surface area contributed by atoms with Crippen molar-refractivity contribution in [3.63, 3.8) is 0 Å². The normalized spacial score (nSPS) is 15.9. The van der Waals surface area contributed by atoms with E-state index in [-0.39, 0.29) is 12.0 Å². The fraction of sp³-hybridized carbons (Fsp3) is 0.500. The molecule has 0 bridgehead atoms. The fourth-order valence-electron chi connectivity index (χ4n) is 1.70. The molecule has 0 radical (unpaired) electrons. The molecule has 1 fully saturated rings. The standard InChI is InChI=1S/C10H14N4O3/c11-7(15)5-8-12-9(6-10(16)13-8)14-1-3-17-4-2-14/h6H,1-5H2,(H2,11,15)(H,12,13,16). The summed E-state index contributed by atoms with van der Waals surface area (Å²) < 4.78 is 5.22. The van der Waals surface area contributed by atoms with Crippen molar-refractivity contribution < 1.29 is 9.53 Å². The van der Waals surface area contributed by atoms with Crippen molar-refractivity contribution in [3.05, 3.63) is 22.2 Å². The smallest absolute Gasteiger partial charge is 0.252 e. The fourth-order valence-corrected chi connectivity index (χ4v) is 1.70. The Labute approximate surface area is 97.6 Å². The lowest BCUT2D eigenvalue weighted by atomic mass is 10.3. The molecule has 1 saturated heterocycles. The number of primary amides is 1. The van der Waals surface area contributed by atoms with E-state index in [0.29, 0.717) is 37.9 Å². The van der Waals surface area contributed by atoms with Crippen molar-refractivity contribution in [1.82, 2.24) is 9.97 Å². The molecule has 2 rings (SSSR count). The first-order valence-corrected chi connectivity index (χ1v) is 5.36. The molecule has 1 amide bonds. The average Bonchev–Trinajstić information content (AvgIpc) is 2.28. The van der Waals surface area contributed by atoms with Crippen molar-refractivity contribution in [2.75, 3.05) is 31.2 Å².